The van der Waals surface area contributed by atoms with E-state index < -0.39 is 23.8 Å². The average Bonchev–Trinajstić information content (AvgIpc) is 3.22. The first kappa shape index (κ1) is 29.5. The van der Waals surface area contributed by atoms with Crippen molar-refractivity contribution in [3.05, 3.63) is 84.4 Å². The molecule has 2 N–H and O–H groups in total. The Bertz CT molecular complexity index is 1350. The van der Waals surface area contributed by atoms with Gasteiger partial charge in [0.1, 0.15) is 17.5 Å². The molecule has 4 rings (SSSR count). The summed E-state index contributed by atoms with van der Waals surface area (Å²) in [7, 11) is 1.55. The van der Waals surface area contributed by atoms with E-state index in [4.69, 9.17) is 21.7 Å². The molecule has 0 aliphatic carbocycles. The maximum Gasteiger partial charge on any atom is 0.269 e. The second-order valence-electron chi connectivity index (χ2n) is 9.53. The SMILES string of the molecule is CCCCCCOc1ccc(NC(=O)CC2C(=O)N(c3ccc(OC)cc3)C(=S)N2NC(=O)c2ccccc2)cc1. The third kappa shape index (κ3) is 7.61. The van der Waals surface area contributed by atoms with Crippen LogP contribution in [0, 0.1) is 0 Å². The molecule has 1 saturated heterocycles. The zero-order valence-corrected chi connectivity index (χ0v) is 24.0. The molecule has 0 radical (unpaired) electrons. The van der Waals surface area contributed by atoms with Crippen molar-refractivity contribution in [2.45, 2.75) is 45.1 Å². The molecule has 1 aliphatic heterocycles. The molecule has 3 amide bonds. The predicted molar refractivity (Wildman–Crippen MR) is 162 cm³/mol. The summed E-state index contributed by atoms with van der Waals surface area (Å²) in [6.45, 7) is 2.81. The van der Waals surface area contributed by atoms with Crippen LogP contribution >= 0.6 is 12.2 Å². The first-order valence-corrected chi connectivity index (χ1v) is 14.0. The zero-order valence-electron chi connectivity index (χ0n) is 23.2. The molecule has 0 spiro atoms. The highest BCUT2D eigenvalue weighted by Crippen LogP contribution is 2.28. The van der Waals surface area contributed by atoms with E-state index in [1.54, 1.807) is 86.0 Å². The van der Waals surface area contributed by atoms with Crippen molar-refractivity contribution in [2.24, 2.45) is 0 Å². The number of anilines is 2. The number of nitrogens with one attached hydrogen (secondary N) is 2. The number of hydrogen-bond acceptors (Lipinski definition) is 6. The zero-order chi connectivity index (χ0) is 29.2. The van der Waals surface area contributed by atoms with E-state index in [1.165, 1.54) is 22.8 Å². The molecule has 9 nitrogen and oxygen atoms in total. The van der Waals surface area contributed by atoms with Gasteiger partial charge in [-0.1, -0.05) is 44.4 Å². The van der Waals surface area contributed by atoms with Crippen molar-refractivity contribution in [2.75, 3.05) is 23.9 Å². The van der Waals surface area contributed by atoms with E-state index in [9.17, 15) is 14.4 Å². The van der Waals surface area contributed by atoms with Gasteiger partial charge in [-0.3, -0.25) is 24.7 Å². The van der Waals surface area contributed by atoms with Crippen LogP contribution in [0.3, 0.4) is 0 Å². The molecule has 1 heterocycles. The van der Waals surface area contributed by atoms with Gasteiger partial charge in [0.25, 0.3) is 11.8 Å². The molecule has 3 aromatic rings. The maximum atomic E-state index is 13.6. The van der Waals surface area contributed by atoms with Crippen molar-refractivity contribution >= 4 is 46.4 Å². The lowest BCUT2D eigenvalue weighted by molar-refractivity contribution is -0.124. The van der Waals surface area contributed by atoms with Gasteiger partial charge in [-0.05, 0) is 79.3 Å². The molecule has 10 heteroatoms. The maximum absolute atomic E-state index is 13.6. The van der Waals surface area contributed by atoms with Crippen LogP contribution in [0.25, 0.3) is 0 Å². The summed E-state index contributed by atoms with van der Waals surface area (Å²) in [5.74, 6) is 0.0450. The lowest BCUT2D eigenvalue weighted by atomic mass is 10.1. The van der Waals surface area contributed by atoms with Crippen LogP contribution in [-0.4, -0.2) is 47.6 Å². The minimum Gasteiger partial charge on any atom is -0.497 e. The standard InChI is InChI=1S/C31H34N4O5S/c1-3-4-5-9-20-40-26-16-12-23(13-17-26)32-28(36)21-27-30(38)34(24-14-18-25(39-2)19-15-24)31(41)35(27)33-29(37)22-10-7-6-8-11-22/h6-8,10-19,27H,3-5,9,20-21H2,1-2H3,(H,32,36)(H,33,37). The molecule has 3 aromatic carbocycles. The summed E-state index contributed by atoms with van der Waals surface area (Å²) in [6, 6.07) is 21.4. The number of unbranched alkanes of at least 4 members (excludes halogenated alkanes) is 3. The van der Waals surface area contributed by atoms with Gasteiger partial charge in [-0.25, -0.2) is 5.01 Å². The number of carbonyl (C=O) groups is 3. The first-order chi connectivity index (χ1) is 19.9. The van der Waals surface area contributed by atoms with Crippen molar-refractivity contribution < 1.29 is 23.9 Å². The van der Waals surface area contributed by atoms with Crippen LogP contribution in [0.15, 0.2) is 78.9 Å². The second-order valence-corrected chi connectivity index (χ2v) is 9.90. The third-order valence-electron chi connectivity index (χ3n) is 6.59. The number of methoxy groups -OCH3 is 1. The fourth-order valence-corrected chi connectivity index (χ4v) is 4.74. The number of hydrogen-bond donors (Lipinski definition) is 2. The highest BCUT2D eigenvalue weighted by Gasteiger charge is 2.45. The second kappa shape index (κ2) is 14.3. The molecule has 41 heavy (non-hydrogen) atoms. The van der Waals surface area contributed by atoms with Gasteiger partial charge in [-0.2, -0.15) is 0 Å². The minimum absolute atomic E-state index is 0.0580. The molecule has 0 aromatic heterocycles. The number of benzene rings is 3. The van der Waals surface area contributed by atoms with Crippen molar-refractivity contribution in [3.63, 3.8) is 0 Å². The quantitative estimate of drug-likeness (QED) is 0.210. The number of hydrazine groups is 1. The normalized spacial score (nSPS) is 14.6. The van der Waals surface area contributed by atoms with Gasteiger partial charge in [0.05, 0.1) is 25.8 Å². The largest absolute Gasteiger partial charge is 0.497 e. The molecule has 1 fully saturated rings. The van der Waals surface area contributed by atoms with Crippen LogP contribution in [-0.2, 0) is 9.59 Å². The topological polar surface area (TPSA) is 100 Å². The minimum atomic E-state index is -1.05. The number of carbonyl (C=O) groups excluding carboxylic acids is 3. The first-order valence-electron chi connectivity index (χ1n) is 13.6. The average molecular weight is 575 g/mol. The molecule has 0 bridgehead atoms. The van der Waals surface area contributed by atoms with E-state index >= 15 is 0 Å². The number of amides is 3. The van der Waals surface area contributed by atoms with Gasteiger partial charge in [0.15, 0.2) is 0 Å². The molecular formula is C31H34N4O5S. The fourth-order valence-electron chi connectivity index (χ4n) is 4.37. The highest BCUT2D eigenvalue weighted by molar-refractivity contribution is 7.80. The molecule has 1 aliphatic rings. The van der Waals surface area contributed by atoms with Crippen LogP contribution in [0.4, 0.5) is 11.4 Å². The van der Waals surface area contributed by atoms with Crippen LogP contribution in [0.5, 0.6) is 11.5 Å². The van der Waals surface area contributed by atoms with Crippen LogP contribution in [0.1, 0.15) is 49.4 Å². The van der Waals surface area contributed by atoms with E-state index in [1.807, 2.05) is 0 Å². The van der Waals surface area contributed by atoms with E-state index in [0.717, 1.165) is 18.6 Å². The monoisotopic (exact) mass is 574 g/mol. The van der Waals surface area contributed by atoms with Crippen LogP contribution in [0.2, 0.25) is 0 Å². The smallest absolute Gasteiger partial charge is 0.269 e. The number of thiocarbonyl (C=S) groups is 1. The Morgan fingerprint density at radius 2 is 1.59 bits per heavy atom. The molecule has 1 unspecified atom stereocenters. The van der Waals surface area contributed by atoms with Gasteiger partial charge in [-0.15, -0.1) is 0 Å². The van der Waals surface area contributed by atoms with Gasteiger partial charge >= 0.3 is 0 Å². The summed E-state index contributed by atoms with van der Waals surface area (Å²) >= 11 is 5.62. The predicted octanol–water partition coefficient (Wildman–Crippen LogP) is 5.33. The lowest BCUT2D eigenvalue weighted by Gasteiger charge is -2.24. The summed E-state index contributed by atoms with van der Waals surface area (Å²) in [5.41, 5.74) is 4.17. The summed E-state index contributed by atoms with van der Waals surface area (Å²) < 4.78 is 11.0. The number of rotatable bonds is 13. The Morgan fingerprint density at radius 1 is 0.902 bits per heavy atom. The molecule has 0 saturated carbocycles. The van der Waals surface area contributed by atoms with E-state index in [-0.39, 0.29) is 11.5 Å². The Kier molecular flexibility index (Phi) is 10.3. The van der Waals surface area contributed by atoms with Gasteiger partial charge in [0.2, 0.25) is 11.0 Å². The molecular weight excluding hydrogens is 540 g/mol. The third-order valence-corrected chi connectivity index (χ3v) is 6.97. The Balaban J connectivity index is 1.46. The summed E-state index contributed by atoms with van der Waals surface area (Å²) in [4.78, 5) is 41.0. The Hall–Kier alpha value is -4.44. The van der Waals surface area contributed by atoms with Crippen molar-refractivity contribution in [1.29, 1.82) is 0 Å². The summed E-state index contributed by atoms with van der Waals surface area (Å²) in [6.07, 6.45) is 4.24. The molecule has 1 atom stereocenters. The number of nitrogens with zero attached hydrogens (tertiary/aromatic N) is 2. The Morgan fingerprint density at radius 3 is 2.24 bits per heavy atom. The van der Waals surface area contributed by atoms with Crippen molar-refractivity contribution in [3.8, 4) is 11.5 Å². The van der Waals surface area contributed by atoms with Gasteiger partial charge < -0.3 is 14.8 Å². The highest BCUT2D eigenvalue weighted by atomic mass is 32.1. The molecule has 214 valence electrons. The van der Waals surface area contributed by atoms with E-state index in [2.05, 4.69) is 17.7 Å². The Labute approximate surface area is 245 Å². The lowest BCUT2D eigenvalue weighted by Crippen LogP contribution is -2.49. The fraction of sp³-hybridized carbons (Fsp3) is 0.290. The van der Waals surface area contributed by atoms with Gasteiger partial charge in [0, 0.05) is 11.3 Å². The van der Waals surface area contributed by atoms with Crippen molar-refractivity contribution in [1.82, 2.24) is 10.4 Å². The van der Waals surface area contributed by atoms with Crippen LogP contribution < -0.4 is 25.1 Å². The summed E-state index contributed by atoms with van der Waals surface area (Å²) in [5, 5.41) is 4.17. The van der Waals surface area contributed by atoms with E-state index in [0.29, 0.717) is 29.3 Å². The number of ether oxygens (including phenoxy) is 2.